The summed E-state index contributed by atoms with van der Waals surface area (Å²) < 4.78 is 11.2. The SMILES string of the molecule is CC[C@H](Oc1cccc(C)c1C)C(=O)NCCCc1cccc(OC)c1. The van der Waals surface area contributed by atoms with Crippen LogP contribution in [0.2, 0.25) is 0 Å². The van der Waals surface area contributed by atoms with Crippen molar-refractivity contribution >= 4 is 5.91 Å². The van der Waals surface area contributed by atoms with Crippen molar-refractivity contribution in [3.8, 4) is 11.5 Å². The molecular weight excluding hydrogens is 326 g/mol. The van der Waals surface area contributed by atoms with E-state index in [1.54, 1.807) is 7.11 Å². The molecule has 140 valence electrons. The first kappa shape index (κ1) is 19.8. The highest BCUT2D eigenvalue weighted by Gasteiger charge is 2.18. The zero-order valence-electron chi connectivity index (χ0n) is 16.2. The molecule has 1 N–H and O–H groups in total. The average molecular weight is 355 g/mol. The molecule has 1 amide bonds. The molecule has 0 radical (unpaired) electrons. The fraction of sp³-hybridized carbons (Fsp3) is 0.409. The van der Waals surface area contributed by atoms with E-state index in [9.17, 15) is 4.79 Å². The molecule has 0 saturated carbocycles. The van der Waals surface area contributed by atoms with Crippen molar-refractivity contribution in [3.63, 3.8) is 0 Å². The molecule has 0 saturated heterocycles. The van der Waals surface area contributed by atoms with Gasteiger partial charge in [-0.3, -0.25) is 4.79 Å². The summed E-state index contributed by atoms with van der Waals surface area (Å²) in [6.45, 7) is 6.65. The van der Waals surface area contributed by atoms with Crippen LogP contribution in [0.4, 0.5) is 0 Å². The maximum Gasteiger partial charge on any atom is 0.261 e. The maximum atomic E-state index is 12.4. The largest absolute Gasteiger partial charge is 0.497 e. The number of rotatable bonds is 9. The average Bonchev–Trinajstić information content (AvgIpc) is 2.66. The second-order valence-electron chi connectivity index (χ2n) is 6.46. The van der Waals surface area contributed by atoms with Crippen LogP contribution < -0.4 is 14.8 Å². The summed E-state index contributed by atoms with van der Waals surface area (Å²) in [7, 11) is 1.67. The first-order valence-corrected chi connectivity index (χ1v) is 9.18. The van der Waals surface area contributed by atoms with Crippen molar-refractivity contribution in [3.05, 3.63) is 59.2 Å². The van der Waals surface area contributed by atoms with Crippen molar-refractivity contribution in [2.45, 2.75) is 46.1 Å². The van der Waals surface area contributed by atoms with Gasteiger partial charge in [-0.15, -0.1) is 0 Å². The van der Waals surface area contributed by atoms with E-state index in [1.165, 1.54) is 5.56 Å². The van der Waals surface area contributed by atoms with Gasteiger partial charge in [0.25, 0.3) is 5.91 Å². The third-order valence-corrected chi connectivity index (χ3v) is 4.56. The Balaban J connectivity index is 1.82. The summed E-state index contributed by atoms with van der Waals surface area (Å²) in [4.78, 5) is 12.4. The summed E-state index contributed by atoms with van der Waals surface area (Å²) in [5.41, 5.74) is 3.45. The third kappa shape index (κ3) is 5.51. The lowest BCUT2D eigenvalue weighted by molar-refractivity contribution is -0.128. The number of ether oxygens (including phenoxy) is 2. The lowest BCUT2D eigenvalue weighted by Crippen LogP contribution is -2.38. The Bertz CT molecular complexity index is 727. The van der Waals surface area contributed by atoms with Crippen LogP contribution in [0.5, 0.6) is 11.5 Å². The Kier molecular flexibility index (Phi) is 7.52. The van der Waals surface area contributed by atoms with E-state index in [2.05, 4.69) is 11.4 Å². The number of nitrogens with one attached hydrogen (secondary N) is 1. The van der Waals surface area contributed by atoms with Crippen LogP contribution in [-0.2, 0) is 11.2 Å². The molecule has 0 aromatic heterocycles. The van der Waals surface area contributed by atoms with E-state index in [0.717, 1.165) is 35.5 Å². The first-order chi connectivity index (χ1) is 12.5. The molecule has 1 atom stereocenters. The van der Waals surface area contributed by atoms with Crippen molar-refractivity contribution in [2.75, 3.05) is 13.7 Å². The Morgan fingerprint density at radius 3 is 2.65 bits per heavy atom. The van der Waals surface area contributed by atoms with Gasteiger partial charge in [-0.2, -0.15) is 0 Å². The minimum atomic E-state index is -0.465. The third-order valence-electron chi connectivity index (χ3n) is 4.56. The Morgan fingerprint density at radius 1 is 1.15 bits per heavy atom. The fourth-order valence-electron chi connectivity index (χ4n) is 2.77. The van der Waals surface area contributed by atoms with E-state index in [0.29, 0.717) is 13.0 Å². The molecule has 0 aliphatic rings. The molecule has 26 heavy (non-hydrogen) atoms. The molecular formula is C22H29NO3. The summed E-state index contributed by atoms with van der Waals surface area (Å²) in [5.74, 6) is 1.59. The van der Waals surface area contributed by atoms with Crippen LogP contribution in [-0.4, -0.2) is 25.7 Å². The Labute approximate surface area is 156 Å². The molecule has 2 aromatic rings. The normalized spacial score (nSPS) is 11.7. The molecule has 0 heterocycles. The molecule has 2 rings (SSSR count). The minimum absolute atomic E-state index is 0.0564. The molecule has 0 spiro atoms. The predicted molar refractivity (Wildman–Crippen MR) is 105 cm³/mol. The van der Waals surface area contributed by atoms with E-state index in [4.69, 9.17) is 9.47 Å². The maximum absolute atomic E-state index is 12.4. The lowest BCUT2D eigenvalue weighted by Gasteiger charge is -2.19. The molecule has 0 aliphatic heterocycles. The number of carbonyl (C=O) groups is 1. The quantitative estimate of drug-likeness (QED) is 0.685. The van der Waals surface area contributed by atoms with E-state index in [1.807, 2.05) is 57.2 Å². The van der Waals surface area contributed by atoms with Gasteiger partial charge in [0.1, 0.15) is 11.5 Å². The number of hydrogen-bond donors (Lipinski definition) is 1. The van der Waals surface area contributed by atoms with Crippen LogP contribution in [0.25, 0.3) is 0 Å². The highest BCUT2D eigenvalue weighted by Crippen LogP contribution is 2.22. The molecule has 4 heteroatoms. The number of aryl methyl sites for hydroxylation is 2. The Hall–Kier alpha value is -2.49. The molecule has 0 fully saturated rings. The Morgan fingerprint density at radius 2 is 1.92 bits per heavy atom. The van der Waals surface area contributed by atoms with Crippen molar-refractivity contribution < 1.29 is 14.3 Å². The summed E-state index contributed by atoms with van der Waals surface area (Å²) in [5, 5.41) is 2.99. The zero-order valence-corrected chi connectivity index (χ0v) is 16.2. The van der Waals surface area contributed by atoms with Gasteiger partial charge < -0.3 is 14.8 Å². The molecule has 0 aliphatic carbocycles. The molecule has 0 bridgehead atoms. The predicted octanol–water partition coefficient (Wildman–Crippen LogP) is 4.22. The van der Waals surface area contributed by atoms with Crippen LogP contribution in [0.15, 0.2) is 42.5 Å². The van der Waals surface area contributed by atoms with Gasteiger partial charge in [0, 0.05) is 6.54 Å². The van der Waals surface area contributed by atoms with Gasteiger partial charge in [-0.05, 0) is 68.0 Å². The second-order valence-corrected chi connectivity index (χ2v) is 6.46. The van der Waals surface area contributed by atoms with Gasteiger partial charge in [-0.1, -0.05) is 31.2 Å². The monoisotopic (exact) mass is 355 g/mol. The topological polar surface area (TPSA) is 47.6 Å². The van der Waals surface area contributed by atoms with Gasteiger partial charge >= 0.3 is 0 Å². The highest BCUT2D eigenvalue weighted by atomic mass is 16.5. The van der Waals surface area contributed by atoms with Crippen molar-refractivity contribution in [2.24, 2.45) is 0 Å². The molecule has 4 nitrogen and oxygen atoms in total. The van der Waals surface area contributed by atoms with Gasteiger partial charge in [0.05, 0.1) is 7.11 Å². The van der Waals surface area contributed by atoms with Crippen LogP contribution in [0.3, 0.4) is 0 Å². The van der Waals surface area contributed by atoms with Gasteiger partial charge in [0.2, 0.25) is 0 Å². The standard InChI is InChI=1S/C22H29NO3/c1-5-20(26-21-13-6-9-16(2)17(21)3)22(24)23-14-8-11-18-10-7-12-19(15-18)25-4/h6-7,9-10,12-13,15,20H,5,8,11,14H2,1-4H3,(H,23,24)/t20-/m0/s1. The number of benzene rings is 2. The summed E-state index contributed by atoms with van der Waals surface area (Å²) in [6.07, 6.45) is 1.94. The van der Waals surface area contributed by atoms with Gasteiger partial charge in [0.15, 0.2) is 6.10 Å². The van der Waals surface area contributed by atoms with E-state index >= 15 is 0 Å². The number of amides is 1. The summed E-state index contributed by atoms with van der Waals surface area (Å²) >= 11 is 0. The molecule has 2 aromatic carbocycles. The molecule has 0 unspecified atom stereocenters. The number of carbonyl (C=O) groups excluding carboxylic acids is 1. The fourth-order valence-corrected chi connectivity index (χ4v) is 2.77. The smallest absolute Gasteiger partial charge is 0.261 e. The van der Waals surface area contributed by atoms with Crippen LogP contribution >= 0.6 is 0 Å². The number of methoxy groups -OCH3 is 1. The lowest BCUT2D eigenvalue weighted by atomic mass is 10.1. The van der Waals surface area contributed by atoms with Gasteiger partial charge in [-0.25, -0.2) is 0 Å². The van der Waals surface area contributed by atoms with Crippen molar-refractivity contribution in [1.82, 2.24) is 5.32 Å². The van der Waals surface area contributed by atoms with E-state index < -0.39 is 6.10 Å². The number of hydrogen-bond acceptors (Lipinski definition) is 3. The highest BCUT2D eigenvalue weighted by molar-refractivity contribution is 5.81. The second kappa shape index (κ2) is 9.85. The minimum Gasteiger partial charge on any atom is -0.497 e. The van der Waals surface area contributed by atoms with Crippen LogP contribution in [0.1, 0.15) is 36.5 Å². The van der Waals surface area contributed by atoms with E-state index in [-0.39, 0.29) is 5.91 Å². The van der Waals surface area contributed by atoms with Crippen molar-refractivity contribution in [1.29, 1.82) is 0 Å². The zero-order chi connectivity index (χ0) is 18.9. The summed E-state index contributed by atoms with van der Waals surface area (Å²) in [6, 6.07) is 13.9. The first-order valence-electron chi connectivity index (χ1n) is 9.18. The van der Waals surface area contributed by atoms with Crippen LogP contribution in [0, 0.1) is 13.8 Å².